The summed E-state index contributed by atoms with van der Waals surface area (Å²) in [6.45, 7) is 0.447. The second-order valence-corrected chi connectivity index (χ2v) is 7.28. The minimum absolute atomic E-state index is 0.254. The van der Waals surface area contributed by atoms with E-state index in [0.29, 0.717) is 18.3 Å². The molecule has 3 aromatic rings. The van der Waals surface area contributed by atoms with E-state index in [-0.39, 0.29) is 5.70 Å². The van der Waals surface area contributed by atoms with E-state index in [1.54, 1.807) is 6.08 Å². The lowest BCUT2D eigenvalue weighted by molar-refractivity contribution is -0.129. The Morgan fingerprint density at radius 3 is 2.46 bits per heavy atom. The number of rotatable bonds is 5. The Balaban J connectivity index is 1.59. The fourth-order valence-corrected chi connectivity index (χ4v) is 3.31. The normalized spacial score (nSPS) is 14.7. The molecule has 0 saturated carbocycles. The monoisotopic (exact) mass is 481 g/mol. The van der Waals surface area contributed by atoms with Crippen LogP contribution in [0.25, 0.3) is 6.08 Å². The maximum absolute atomic E-state index is 12.3. The number of hydrogen-bond donors (Lipinski definition) is 0. The predicted octanol–water partition coefficient (Wildman–Crippen LogP) is 5.21. The molecule has 4 nitrogen and oxygen atoms in total. The first-order valence-corrected chi connectivity index (χ1v) is 9.82. The SMILES string of the molecule is O=C1OC(c2ccccc2)=N/C1=C\c1ccccc1OCc1ccccc1I. The number of para-hydroxylation sites is 1. The second-order valence-electron chi connectivity index (χ2n) is 6.12. The fraction of sp³-hybridized carbons (Fsp3) is 0.0435. The first kappa shape index (κ1) is 18.4. The minimum atomic E-state index is -0.466. The van der Waals surface area contributed by atoms with E-state index >= 15 is 0 Å². The summed E-state index contributed by atoms with van der Waals surface area (Å²) in [7, 11) is 0. The molecule has 0 atom stereocenters. The molecule has 28 heavy (non-hydrogen) atoms. The quantitative estimate of drug-likeness (QED) is 0.286. The van der Waals surface area contributed by atoms with Gasteiger partial charge in [-0.25, -0.2) is 9.79 Å². The van der Waals surface area contributed by atoms with Gasteiger partial charge in [0.1, 0.15) is 12.4 Å². The van der Waals surface area contributed by atoms with Crippen molar-refractivity contribution in [1.29, 1.82) is 0 Å². The molecule has 0 radical (unpaired) electrons. The van der Waals surface area contributed by atoms with Crippen LogP contribution in [-0.2, 0) is 16.1 Å². The molecule has 0 N–H and O–H groups in total. The van der Waals surface area contributed by atoms with Crippen molar-refractivity contribution in [2.24, 2.45) is 4.99 Å². The number of carbonyl (C=O) groups excluding carboxylic acids is 1. The van der Waals surface area contributed by atoms with E-state index in [1.807, 2.05) is 78.9 Å². The average molecular weight is 481 g/mol. The maximum atomic E-state index is 12.3. The molecule has 0 aromatic heterocycles. The van der Waals surface area contributed by atoms with E-state index in [2.05, 4.69) is 27.6 Å². The molecule has 0 aliphatic carbocycles. The third-order valence-electron chi connectivity index (χ3n) is 4.19. The van der Waals surface area contributed by atoms with Gasteiger partial charge >= 0.3 is 5.97 Å². The summed E-state index contributed by atoms with van der Waals surface area (Å²) in [6.07, 6.45) is 1.70. The van der Waals surface area contributed by atoms with Gasteiger partial charge in [-0.1, -0.05) is 54.6 Å². The molecule has 1 heterocycles. The number of carbonyl (C=O) groups is 1. The van der Waals surface area contributed by atoms with Crippen LogP contribution < -0.4 is 4.74 Å². The van der Waals surface area contributed by atoms with Crippen LogP contribution >= 0.6 is 22.6 Å². The molecule has 0 saturated heterocycles. The van der Waals surface area contributed by atoms with Crippen molar-refractivity contribution in [3.05, 3.63) is 105 Å². The zero-order valence-corrected chi connectivity index (χ0v) is 17.0. The highest BCUT2D eigenvalue weighted by Crippen LogP contribution is 2.26. The highest BCUT2D eigenvalue weighted by Gasteiger charge is 2.24. The lowest BCUT2D eigenvalue weighted by Gasteiger charge is -2.10. The Morgan fingerprint density at radius 2 is 1.64 bits per heavy atom. The van der Waals surface area contributed by atoms with Crippen molar-refractivity contribution >= 4 is 40.5 Å². The maximum Gasteiger partial charge on any atom is 0.363 e. The molecule has 1 aliphatic rings. The van der Waals surface area contributed by atoms with Gasteiger partial charge in [-0.2, -0.15) is 0 Å². The number of benzene rings is 3. The molecule has 4 rings (SSSR count). The van der Waals surface area contributed by atoms with Crippen LogP contribution in [0.3, 0.4) is 0 Å². The lowest BCUT2D eigenvalue weighted by Crippen LogP contribution is -2.05. The van der Waals surface area contributed by atoms with Crippen molar-refractivity contribution in [2.75, 3.05) is 0 Å². The number of cyclic esters (lactones) is 1. The highest BCUT2D eigenvalue weighted by molar-refractivity contribution is 14.1. The third-order valence-corrected chi connectivity index (χ3v) is 5.25. The Bertz CT molecular complexity index is 1070. The van der Waals surface area contributed by atoms with Crippen molar-refractivity contribution in [3.63, 3.8) is 0 Å². The molecular weight excluding hydrogens is 465 g/mol. The number of hydrogen-bond acceptors (Lipinski definition) is 4. The Kier molecular flexibility index (Phi) is 5.53. The number of esters is 1. The number of ether oxygens (including phenoxy) is 2. The van der Waals surface area contributed by atoms with Crippen LogP contribution in [-0.4, -0.2) is 11.9 Å². The van der Waals surface area contributed by atoms with Crippen molar-refractivity contribution in [3.8, 4) is 5.75 Å². The molecule has 0 bridgehead atoms. The van der Waals surface area contributed by atoms with Crippen LogP contribution in [0.2, 0.25) is 0 Å². The molecule has 0 amide bonds. The van der Waals surface area contributed by atoms with Crippen LogP contribution in [0.5, 0.6) is 5.75 Å². The zero-order valence-electron chi connectivity index (χ0n) is 14.8. The predicted molar refractivity (Wildman–Crippen MR) is 117 cm³/mol. The summed E-state index contributed by atoms with van der Waals surface area (Å²) >= 11 is 2.29. The van der Waals surface area contributed by atoms with E-state index in [9.17, 15) is 4.79 Å². The van der Waals surface area contributed by atoms with Gasteiger partial charge in [-0.05, 0) is 52.9 Å². The highest BCUT2D eigenvalue weighted by atomic mass is 127. The van der Waals surface area contributed by atoms with Gasteiger partial charge in [0.25, 0.3) is 0 Å². The molecular formula is C23H16INO3. The Labute approximate surface area is 176 Å². The number of aliphatic imine (C=N–C) groups is 1. The zero-order chi connectivity index (χ0) is 19.3. The van der Waals surface area contributed by atoms with Gasteiger partial charge < -0.3 is 9.47 Å². The summed E-state index contributed by atoms with van der Waals surface area (Å²) in [6, 6.07) is 25.0. The largest absolute Gasteiger partial charge is 0.488 e. The standard InChI is InChI=1S/C23H16INO3/c24-19-12-6-4-11-18(19)15-27-21-13-7-5-10-17(21)14-20-23(26)28-22(25-20)16-8-2-1-3-9-16/h1-14H,15H2/b20-14-. The summed E-state index contributed by atoms with van der Waals surface area (Å²) in [5.41, 5.74) is 2.90. The first-order chi connectivity index (χ1) is 13.7. The van der Waals surface area contributed by atoms with E-state index < -0.39 is 5.97 Å². The molecule has 3 aromatic carbocycles. The number of nitrogens with zero attached hydrogens (tertiary/aromatic N) is 1. The van der Waals surface area contributed by atoms with Gasteiger partial charge in [-0.3, -0.25) is 0 Å². The number of halogens is 1. The summed E-state index contributed by atoms with van der Waals surface area (Å²) < 4.78 is 12.5. The fourth-order valence-electron chi connectivity index (χ4n) is 2.76. The van der Waals surface area contributed by atoms with Gasteiger partial charge in [0, 0.05) is 20.3 Å². The van der Waals surface area contributed by atoms with Crippen LogP contribution in [0.15, 0.2) is 89.6 Å². The van der Waals surface area contributed by atoms with E-state index in [4.69, 9.17) is 9.47 Å². The Hall–Kier alpha value is -2.93. The van der Waals surface area contributed by atoms with Gasteiger partial charge in [0.15, 0.2) is 5.70 Å². The molecule has 0 fully saturated rings. The summed E-state index contributed by atoms with van der Waals surface area (Å²) in [4.78, 5) is 16.6. The van der Waals surface area contributed by atoms with Crippen LogP contribution in [0.1, 0.15) is 16.7 Å². The van der Waals surface area contributed by atoms with Crippen molar-refractivity contribution in [1.82, 2.24) is 0 Å². The molecule has 0 unspecified atom stereocenters. The van der Waals surface area contributed by atoms with Gasteiger partial charge in [-0.15, -0.1) is 0 Å². The molecule has 138 valence electrons. The topological polar surface area (TPSA) is 47.9 Å². The summed E-state index contributed by atoms with van der Waals surface area (Å²) in [5.74, 6) is 0.533. The third kappa shape index (κ3) is 4.14. The van der Waals surface area contributed by atoms with Crippen molar-refractivity contribution in [2.45, 2.75) is 6.61 Å². The first-order valence-electron chi connectivity index (χ1n) is 8.74. The average Bonchev–Trinajstić information content (AvgIpc) is 3.09. The van der Waals surface area contributed by atoms with E-state index in [1.165, 1.54) is 0 Å². The van der Waals surface area contributed by atoms with E-state index in [0.717, 1.165) is 20.3 Å². The molecule has 0 spiro atoms. The lowest BCUT2D eigenvalue weighted by atomic mass is 10.1. The smallest absolute Gasteiger partial charge is 0.363 e. The molecule has 1 aliphatic heterocycles. The minimum Gasteiger partial charge on any atom is -0.488 e. The Morgan fingerprint density at radius 1 is 0.929 bits per heavy atom. The molecule has 5 heteroatoms. The van der Waals surface area contributed by atoms with Crippen molar-refractivity contribution < 1.29 is 14.3 Å². The van der Waals surface area contributed by atoms with Gasteiger partial charge in [0.2, 0.25) is 5.90 Å². The van der Waals surface area contributed by atoms with Gasteiger partial charge in [0.05, 0.1) is 0 Å². The van der Waals surface area contributed by atoms with Crippen LogP contribution in [0.4, 0.5) is 0 Å². The van der Waals surface area contributed by atoms with Crippen LogP contribution in [0, 0.1) is 3.57 Å². The summed E-state index contributed by atoms with van der Waals surface area (Å²) in [5, 5.41) is 0. The second kappa shape index (κ2) is 8.39.